The van der Waals surface area contributed by atoms with Gasteiger partial charge in [-0.2, -0.15) is 0 Å². The molecule has 0 heterocycles. The molecule has 2 heteroatoms. The highest BCUT2D eigenvalue weighted by atomic mass is 16.1. The van der Waals surface area contributed by atoms with Crippen LogP contribution in [0.25, 0.3) is 0 Å². The van der Waals surface area contributed by atoms with Gasteiger partial charge in [0.15, 0.2) is 0 Å². The summed E-state index contributed by atoms with van der Waals surface area (Å²) in [5.74, 6) is 0.457. The first kappa shape index (κ1) is 16.3. The second-order valence-corrected chi connectivity index (χ2v) is 7.64. The lowest BCUT2D eigenvalue weighted by atomic mass is 9.71. The van der Waals surface area contributed by atoms with Gasteiger partial charge in [-0.05, 0) is 6.42 Å². The van der Waals surface area contributed by atoms with E-state index in [0.29, 0.717) is 12.8 Å². The molecular weight excluding hydrogens is 212 g/mol. The number of ketones is 2. The molecule has 0 amide bonds. The third kappa shape index (κ3) is 5.01. The van der Waals surface area contributed by atoms with Crippen molar-refractivity contribution in [3.63, 3.8) is 0 Å². The molecule has 0 aliphatic rings. The monoisotopic (exact) mass is 240 g/mol. The molecule has 17 heavy (non-hydrogen) atoms. The van der Waals surface area contributed by atoms with Gasteiger partial charge in [-0.15, -0.1) is 0 Å². The molecule has 2 nitrogen and oxygen atoms in total. The molecule has 0 spiro atoms. The van der Waals surface area contributed by atoms with Gasteiger partial charge >= 0.3 is 0 Å². The quantitative estimate of drug-likeness (QED) is 0.743. The van der Waals surface area contributed by atoms with Crippen molar-refractivity contribution < 1.29 is 9.59 Å². The molecule has 0 bridgehead atoms. The number of carbonyl (C=O) groups excluding carboxylic acids is 2. The molecule has 0 aromatic rings. The summed E-state index contributed by atoms with van der Waals surface area (Å²) in [5, 5.41) is 0. The molecule has 0 atom stereocenters. The molecule has 0 fully saturated rings. The van der Waals surface area contributed by atoms with Crippen LogP contribution in [0, 0.1) is 16.2 Å². The van der Waals surface area contributed by atoms with Crippen LogP contribution >= 0.6 is 0 Å². The summed E-state index contributed by atoms with van der Waals surface area (Å²) in [5.41, 5.74) is -1.06. The maximum atomic E-state index is 12.2. The zero-order valence-electron chi connectivity index (χ0n) is 12.7. The summed E-state index contributed by atoms with van der Waals surface area (Å²) in [6, 6.07) is 0. The van der Waals surface area contributed by atoms with Gasteiger partial charge in [0.25, 0.3) is 0 Å². The Balaban J connectivity index is 4.59. The zero-order valence-corrected chi connectivity index (χ0v) is 12.7. The van der Waals surface area contributed by atoms with E-state index >= 15 is 0 Å². The first-order valence-electron chi connectivity index (χ1n) is 6.37. The molecule has 0 N–H and O–H groups in total. The summed E-state index contributed by atoms with van der Waals surface area (Å²) in [6.07, 6.45) is 1.12. The SMILES string of the molecule is CC(C)(C)C(=O)CCC(C)(C)C(=O)C(C)(C)C. The summed E-state index contributed by atoms with van der Waals surface area (Å²) in [4.78, 5) is 24.1. The van der Waals surface area contributed by atoms with Crippen LogP contribution in [0.15, 0.2) is 0 Å². The van der Waals surface area contributed by atoms with E-state index in [1.807, 2.05) is 55.4 Å². The molecular formula is C15H28O2. The minimum absolute atomic E-state index is 0.228. The van der Waals surface area contributed by atoms with Gasteiger partial charge in [0, 0.05) is 22.7 Å². The molecule has 0 saturated heterocycles. The largest absolute Gasteiger partial charge is 0.299 e. The number of hydrogen-bond acceptors (Lipinski definition) is 2. The second kappa shape index (κ2) is 4.91. The maximum Gasteiger partial charge on any atom is 0.143 e. The Morgan fingerprint density at radius 2 is 1.18 bits per heavy atom. The lowest BCUT2D eigenvalue weighted by Gasteiger charge is -2.31. The van der Waals surface area contributed by atoms with Gasteiger partial charge in [0.2, 0.25) is 0 Å². The summed E-state index contributed by atoms with van der Waals surface area (Å²) >= 11 is 0. The lowest BCUT2D eigenvalue weighted by Crippen LogP contribution is -2.36. The highest BCUT2D eigenvalue weighted by Gasteiger charge is 2.36. The third-order valence-corrected chi connectivity index (χ3v) is 3.11. The van der Waals surface area contributed by atoms with Gasteiger partial charge < -0.3 is 0 Å². The molecule has 0 radical (unpaired) electrons. The van der Waals surface area contributed by atoms with Crippen molar-refractivity contribution >= 4 is 11.6 Å². The van der Waals surface area contributed by atoms with E-state index in [1.165, 1.54) is 0 Å². The van der Waals surface area contributed by atoms with Crippen LogP contribution in [0.3, 0.4) is 0 Å². The lowest BCUT2D eigenvalue weighted by molar-refractivity contribution is -0.136. The van der Waals surface area contributed by atoms with Gasteiger partial charge in [-0.1, -0.05) is 55.4 Å². The molecule has 0 aromatic carbocycles. The van der Waals surface area contributed by atoms with Crippen molar-refractivity contribution in [2.75, 3.05) is 0 Å². The minimum Gasteiger partial charge on any atom is -0.299 e. The number of rotatable bonds is 4. The average Bonchev–Trinajstić information content (AvgIpc) is 2.10. The predicted octanol–water partition coefficient (Wildman–Crippen LogP) is 4.02. The zero-order chi connectivity index (χ0) is 14.1. The Kier molecular flexibility index (Phi) is 4.72. The van der Waals surface area contributed by atoms with Crippen LogP contribution < -0.4 is 0 Å². The number of carbonyl (C=O) groups is 2. The van der Waals surface area contributed by atoms with E-state index in [9.17, 15) is 9.59 Å². The Labute approximate surface area is 106 Å². The van der Waals surface area contributed by atoms with Crippen LogP contribution in [-0.2, 0) is 9.59 Å². The van der Waals surface area contributed by atoms with Crippen molar-refractivity contribution in [3.05, 3.63) is 0 Å². The second-order valence-electron chi connectivity index (χ2n) is 7.64. The van der Waals surface area contributed by atoms with Crippen molar-refractivity contribution in [2.24, 2.45) is 16.2 Å². The molecule has 0 saturated carbocycles. The van der Waals surface area contributed by atoms with Crippen molar-refractivity contribution in [2.45, 2.75) is 68.2 Å². The predicted molar refractivity (Wildman–Crippen MR) is 71.9 cm³/mol. The topological polar surface area (TPSA) is 34.1 Å². The fraction of sp³-hybridized carbons (Fsp3) is 0.867. The van der Waals surface area contributed by atoms with Crippen LogP contribution in [0.5, 0.6) is 0 Å². The smallest absolute Gasteiger partial charge is 0.143 e. The normalized spacial score (nSPS) is 13.6. The van der Waals surface area contributed by atoms with Crippen LogP contribution in [0.2, 0.25) is 0 Å². The highest BCUT2D eigenvalue weighted by molar-refractivity contribution is 5.90. The van der Waals surface area contributed by atoms with Crippen molar-refractivity contribution in [1.29, 1.82) is 0 Å². The van der Waals surface area contributed by atoms with E-state index in [4.69, 9.17) is 0 Å². The molecule has 0 aliphatic heterocycles. The molecule has 0 unspecified atom stereocenters. The van der Waals surface area contributed by atoms with Crippen molar-refractivity contribution in [3.8, 4) is 0 Å². The third-order valence-electron chi connectivity index (χ3n) is 3.11. The first-order valence-corrected chi connectivity index (χ1v) is 6.37. The van der Waals surface area contributed by atoms with Gasteiger partial charge in [-0.25, -0.2) is 0 Å². The van der Waals surface area contributed by atoms with E-state index in [1.54, 1.807) is 0 Å². The fourth-order valence-electron chi connectivity index (χ4n) is 1.93. The first-order chi connectivity index (χ1) is 7.28. The van der Waals surface area contributed by atoms with E-state index in [-0.39, 0.29) is 22.4 Å². The Bertz CT molecular complexity index is 298. The molecule has 100 valence electrons. The van der Waals surface area contributed by atoms with E-state index in [2.05, 4.69) is 0 Å². The maximum absolute atomic E-state index is 12.2. The van der Waals surface area contributed by atoms with Crippen LogP contribution in [0.1, 0.15) is 68.2 Å². The Morgan fingerprint density at radius 1 is 0.765 bits per heavy atom. The van der Waals surface area contributed by atoms with E-state index < -0.39 is 5.41 Å². The van der Waals surface area contributed by atoms with Crippen molar-refractivity contribution in [1.82, 2.24) is 0 Å². The average molecular weight is 240 g/mol. The van der Waals surface area contributed by atoms with E-state index in [0.717, 1.165) is 0 Å². The number of hydrogen-bond donors (Lipinski definition) is 0. The minimum atomic E-state index is -0.418. The highest BCUT2D eigenvalue weighted by Crippen LogP contribution is 2.34. The summed E-state index contributed by atoms with van der Waals surface area (Å²) in [7, 11) is 0. The van der Waals surface area contributed by atoms with Gasteiger partial charge in [-0.3, -0.25) is 9.59 Å². The van der Waals surface area contributed by atoms with Crippen LogP contribution in [0.4, 0.5) is 0 Å². The Hall–Kier alpha value is -0.660. The summed E-state index contributed by atoms with van der Waals surface area (Å²) < 4.78 is 0. The van der Waals surface area contributed by atoms with Gasteiger partial charge in [0.05, 0.1) is 0 Å². The Morgan fingerprint density at radius 3 is 1.47 bits per heavy atom. The molecule has 0 rings (SSSR count). The standard InChI is InChI=1S/C15H28O2/c1-13(2,3)11(16)9-10-15(7,8)12(17)14(4,5)6/h9-10H2,1-8H3. The summed E-state index contributed by atoms with van der Waals surface area (Å²) in [6.45, 7) is 15.5. The molecule has 0 aliphatic carbocycles. The number of Topliss-reactive ketones (excluding diaryl/α,β-unsaturated/α-hetero) is 2. The fourth-order valence-corrected chi connectivity index (χ4v) is 1.93. The molecule has 0 aromatic heterocycles. The van der Waals surface area contributed by atoms with Crippen LogP contribution in [-0.4, -0.2) is 11.6 Å². The van der Waals surface area contributed by atoms with Gasteiger partial charge in [0.1, 0.15) is 11.6 Å².